The van der Waals surface area contributed by atoms with E-state index in [9.17, 15) is 14.9 Å². The molecule has 6 heteroatoms. The van der Waals surface area contributed by atoms with Gasteiger partial charge >= 0.3 is 0 Å². The molecular weight excluding hydrogens is 336 g/mol. The summed E-state index contributed by atoms with van der Waals surface area (Å²) in [5.41, 5.74) is 2.14. The van der Waals surface area contributed by atoms with Crippen molar-refractivity contribution in [3.05, 3.63) is 61.3 Å². The van der Waals surface area contributed by atoms with Gasteiger partial charge in [-0.3, -0.25) is 14.9 Å². The lowest BCUT2D eigenvalue weighted by Gasteiger charge is -2.24. The third kappa shape index (κ3) is 3.74. The molecule has 132 valence electrons. The van der Waals surface area contributed by atoms with Crippen LogP contribution in [-0.4, -0.2) is 22.8 Å². The van der Waals surface area contributed by atoms with Gasteiger partial charge in [0.1, 0.15) is 0 Å². The summed E-state index contributed by atoms with van der Waals surface area (Å²) in [6, 6.07) is 8.31. The zero-order chi connectivity index (χ0) is 18.0. The number of carbonyl (C=O) groups is 1. The molecule has 0 saturated carbocycles. The minimum absolute atomic E-state index is 0.0166. The molecule has 0 fully saturated rings. The van der Waals surface area contributed by atoms with Crippen LogP contribution in [0, 0.1) is 10.1 Å². The maximum absolute atomic E-state index is 12.9. The number of nitro benzene ring substituents is 1. The van der Waals surface area contributed by atoms with Gasteiger partial charge in [-0.2, -0.15) is 0 Å². The Labute approximate surface area is 151 Å². The lowest BCUT2D eigenvalue weighted by Crippen LogP contribution is -2.29. The Bertz CT molecular complexity index is 776. The van der Waals surface area contributed by atoms with Gasteiger partial charge in [-0.05, 0) is 49.8 Å². The summed E-state index contributed by atoms with van der Waals surface area (Å²) in [4.78, 5) is 27.2. The molecule has 2 aromatic rings. The van der Waals surface area contributed by atoms with Crippen molar-refractivity contribution in [2.24, 2.45) is 0 Å². The molecule has 0 saturated heterocycles. The molecule has 1 aliphatic carbocycles. The minimum atomic E-state index is -0.408. The second-order valence-corrected chi connectivity index (χ2v) is 7.70. The number of fused-ring (bicyclic) bond motifs is 1. The number of rotatable bonds is 4. The average Bonchev–Trinajstić information content (AvgIpc) is 2.90. The van der Waals surface area contributed by atoms with Gasteiger partial charge in [0.15, 0.2) is 0 Å². The third-order valence-electron chi connectivity index (χ3n) is 4.92. The van der Waals surface area contributed by atoms with Crippen LogP contribution in [0.3, 0.4) is 0 Å². The van der Waals surface area contributed by atoms with Crippen molar-refractivity contribution in [1.82, 2.24) is 4.90 Å². The first-order chi connectivity index (χ1) is 12.0. The molecule has 0 unspecified atom stereocenters. The van der Waals surface area contributed by atoms with Crippen molar-refractivity contribution in [3.63, 3.8) is 0 Å². The van der Waals surface area contributed by atoms with Crippen LogP contribution in [0.15, 0.2) is 30.3 Å². The van der Waals surface area contributed by atoms with Gasteiger partial charge in [-0.25, -0.2) is 0 Å². The summed E-state index contributed by atoms with van der Waals surface area (Å²) in [7, 11) is 1.76. The molecule has 3 rings (SSSR count). The van der Waals surface area contributed by atoms with Gasteiger partial charge in [0.05, 0.1) is 15.8 Å². The van der Waals surface area contributed by atoms with E-state index in [-0.39, 0.29) is 17.6 Å². The SMILES string of the molecule is C[C@@H](c1cccc([N+](=O)[O-])c1)N(C)C(=O)c1cc2c(s1)CCCCC2. The van der Waals surface area contributed by atoms with Crippen LogP contribution in [0.2, 0.25) is 0 Å². The van der Waals surface area contributed by atoms with E-state index in [1.54, 1.807) is 29.4 Å². The van der Waals surface area contributed by atoms with E-state index in [0.717, 1.165) is 23.3 Å². The van der Waals surface area contributed by atoms with E-state index < -0.39 is 4.92 Å². The first-order valence-corrected chi connectivity index (χ1v) is 9.42. The molecule has 1 atom stereocenters. The first kappa shape index (κ1) is 17.6. The average molecular weight is 358 g/mol. The summed E-state index contributed by atoms with van der Waals surface area (Å²) < 4.78 is 0. The number of nitrogens with zero attached hydrogens (tertiary/aromatic N) is 2. The number of benzene rings is 1. The number of nitro groups is 1. The summed E-state index contributed by atoms with van der Waals surface area (Å²) in [5, 5.41) is 11.0. The highest BCUT2D eigenvalue weighted by Gasteiger charge is 2.23. The fraction of sp³-hybridized carbons (Fsp3) is 0.421. The lowest BCUT2D eigenvalue weighted by atomic mass is 10.1. The zero-order valence-electron chi connectivity index (χ0n) is 14.5. The fourth-order valence-corrected chi connectivity index (χ4v) is 4.48. The van der Waals surface area contributed by atoms with Crippen molar-refractivity contribution in [3.8, 4) is 0 Å². The molecule has 1 aliphatic rings. The van der Waals surface area contributed by atoms with Gasteiger partial charge in [0.25, 0.3) is 11.6 Å². The molecule has 0 spiro atoms. The van der Waals surface area contributed by atoms with E-state index in [0.29, 0.717) is 0 Å². The van der Waals surface area contributed by atoms with Crippen LogP contribution in [0.4, 0.5) is 5.69 Å². The van der Waals surface area contributed by atoms with Crippen molar-refractivity contribution in [1.29, 1.82) is 0 Å². The number of thiophene rings is 1. The molecular formula is C19H22N2O3S. The Hall–Kier alpha value is -2.21. The highest BCUT2D eigenvalue weighted by Crippen LogP contribution is 2.31. The highest BCUT2D eigenvalue weighted by atomic mass is 32.1. The topological polar surface area (TPSA) is 63.5 Å². The van der Waals surface area contributed by atoms with Crippen molar-refractivity contribution in [2.45, 2.75) is 45.1 Å². The third-order valence-corrected chi connectivity index (χ3v) is 6.15. The molecule has 1 heterocycles. The van der Waals surface area contributed by atoms with E-state index in [1.807, 2.05) is 19.1 Å². The van der Waals surface area contributed by atoms with Crippen LogP contribution in [-0.2, 0) is 12.8 Å². The second-order valence-electron chi connectivity index (χ2n) is 6.56. The predicted octanol–water partition coefficient (Wildman–Crippen LogP) is 4.76. The zero-order valence-corrected chi connectivity index (χ0v) is 15.3. The van der Waals surface area contributed by atoms with E-state index in [2.05, 4.69) is 0 Å². The van der Waals surface area contributed by atoms with E-state index >= 15 is 0 Å². The molecule has 1 amide bonds. The van der Waals surface area contributed by atoms with Crippen LogP contribution in [0.25, 0.3) is 0 Å². The van der Waals surface area contributed by atoms with Crippen LogP contribution < -0.4 is 0 Å². The molecule has 25 heavy (non-hydrogen) atoms. The predicted molar refractivity (Wildman–Crippen MR) is 99.2 cm³/mol. The lowest BCUT2D eigenvalue weighted by molar-refractivity contribution is -0.384. The second kappa shape index (κ2) is 7.35. The Balaban J connectivity index is 1.80. The Morgan fingerprint density at radius 1 is 1.24 bits per heavy atom. The van der Waals surface area contributed by atoms with E-state index in [4.69, 9.17) is 0 Å². The number of hydrogen-bond donors (Lipinski definition) is 0. The molecule has 0 aliphatic heterocycles. The molecule has 0 bridgehead atoms. The maximum Gasteiger partial charge on any atom is 0.269 e. The Morgan fingerprint density at radius 2 is 2.00 bits per heavy atom. The molecule has 0 N–H and O–H groups in total. The van der Waals surface area contributed by atoms with Crippen LogP contribution in [0.1, 0.15) is 57.9 Å². The van der Waals surface area contributed by atoms with Crippen molar-refractivity contribution >= 4 is 22.9 Å². The Morgan fingerprint density at radius 3 is 2.76 bits per heavy atom. The highest BCUT2D eigenvalue weighted by molar-refractivity contribution is 7.14. The summed E-state index contributed by atoms with van der Waals surface area (Å²) in [6.07, 6.45) is 5.77. The quantitative estimate of drug-likeness (QED) is 0.450. The summed E-state index contributed by atoms with van der Waals surface area (Å²) in [6.45, 7) is 1.90. The monoisotopic (exact) mass is 358 g/mol. The van der Waals surface area contributed by atoms with E-state index in [1.165, 1.54) is 41.8 Å². The summed E-state index contributed by atoms with van der Waals surface area (Å²) >= 11 is 1.61. The molecule has 1 aromatic heterocycles. The van der Waals surface area contributed by atoms with Gasteiger partial charge < -0.3 is 4.90 Å². The van der Waals surface area contributed by atoms with Crippen molar-refractivity contribution < 1.29 is 9.72 Å². The van der Waals surface area contributed by atoms with Gasteiger partial charge in [0.2, 0.25) is 0 Å². The Kier molecular flexibility index (Phi) is 5.18. The number of aryl methyl sites for hydroxylation is 2. The molecule has 5 nitrogen and oxygen atoms in total. The largest absolute Gasteiger partial charge is 0.334 e. The van der Waals surface area contributed by atoms with Gasteiger partial charge in [-0.15, -0.1) is 11.3 Å². The van der Waals surface area contributed by atoms with Crippen LogP contribution in [0.5, 0.6) is 0 Å². The van der Waals surface area contributed by atoms with Crippen molar-refractivity contribution in [2.75, 3.05) is 7.05 Å². The number of amides is 1. The van der Waals surface area contributed by atoms with Crippen LogP contribution >= 0.6 is 11.3 Å². The molecule has 1 aromatic carbocycles. The molecule has 0 radical (unpaired) electrons. The fourth-order valence-electron chi connectivity index (χ4n) is 3.24. The normalized spacial score (nSPS) is 15.1. The number of non-ortho nitro benzene ring substituents is 1. The maximum atomic E-state index is 12.9. The minimum Gasteiger partial charge on any atom is -0.334 e. The van der Waals surface area contributed by atoms with Gasteiger partial charge in [-0.1, -0.05) is 18.6 Å². The first-order valence-electron chi connectivity index (χ1n) is 8.60. The number of carbonyl (C=O) groups excluding carboxylic acids is 1. The standard InChI is InChI=1S/C19H22N2O3S/c1-13(14-8-6-9-16(11-14)21(23)24)20(2)19(22)18-12-15-7-4-3-5-10-17(15)25-18/h6,8-9,11-13H,3-5,7,10H2,1-2H3/t13-/m0/s1. The smallest absolute Gasteiger partial charge is 0.269 e. The number of hydrogen-bond acceptors (Lipinski definition) is 4. The van der Waals surface area contributed by atoms with Gasteiger partial charge in [0, 0.05) is 24.1 Å². The summed E-state index contributed by atoms with van der Waals surface area (Å²) in [5.74, 6) is -0.0166.